The van der Waals surface area contributed by atoms with Gasteiger partial charge in [0.05, 0.1) is 23.1 Å². The quantitative estimate of drug-likeness (QED) is 0.395. The van der Waals surface area contributed by atoms with Crippen molar-refractivity contribution < 1.29 is 14.5 Å². The molecule has 0 saturated carbocycles. The zero-order valence-corrected chi connectivity index (χ0v) is 14.0. The van der Waals surface area contributed by atoms with Crippen LogP contribution in [-0.4, -0.2) is 22.1 Å². The van der Waals surface area contributed by atoms with Crippen molar-refractivity contribution in [3.8, 4) is 17.2 Å². The van der Waals surface area contributed by atoms with E-state index >= 15 is 0 Å². The molecule has 7 nitrogen and oxygen atoms in total. The highest BCUT2D eigenvalue weighted by molar-refractivity contribution is 6.09. The maximum Gasteiger partial charge on any atom is 0.355 e. The first kappa shape index (κ1) is 17.2. The van der Waals surface area contributed by atoms with Gasteiger partial charge in [0.15, 0.2) is 0 Å². The highest BCUT2D eigenvalue weighted by atomic mass is 16.6. The Balaban J connectivity index is 2.43. The molecule has 0 fully saturated rings. The molecule has 0 aliphatic carbocycles. The predicted octanol–water partition coefficient (Wildman–Crippen LogP) is 3.92. The van der Waals surface area contributed by atoms with Crippen LogP contribution in [0.25, 0.3) is 22.0 Å². The number of hydrogen-bond donors (Lipinski definition) is 0. The summed E-state index contributed by atoms with van der Waals surface area (Å²) in [5.41, 5.74) is 1.95. The fourth-order valence-corrected chi connectivity index (χ4v) is 3.00. The van der Waals surface area contributed by atoms with Crippen molar-refractivity contribution in [1.29, 1.82) is 5.26 Å². The van der Waals surface area contributed by atoms with Crippen molar-refractivity contribution in [1.82, 2.24) is 4.57 Å². The van der Waals surface area contributed by atoms with Gasteiger partial charge in [0.2, 0.25) is 0 Å². The summed E-state index contributed by atoms with van der Waals surface area (Å²) < 4.78 is 6.72. The molecule has 3 rings (SSSR count). The van der Waals surface area contributed by atoms with Crippen molar-refractivity contribution in [2.24, 2.45) is 0 Å². The number of rotatable bonds is 5. The molecule has 1 heterocycles. The lowest BCUT2D eigenvalue weighted by Gasteiger charge is -2.08. The Morgan fingerprint density at radius 2 is 2.00 bits per heavy atom. The van der Waals surface area contributed by atoms with E-state index in [1.807, 2.05) is 36.4 Å². The molecule has 0 spiro atoms. The molecule has 0 radical (unpaired) electrons. The van der Waals surface area contributed by atoms with Gasteiger partial charge in [-0.15, -0.1) is 0 Å². The predicted molar refractivity (Wildman–Crippen MR) is 95.6 cm³/mol. The highest BCUT2D eigenvalue weighted by Crippen LogP contribution is 2.37. The first-order valence-electron chi connectivity index (χ1n) is 7.98. The molecule has 0 aliphatic heterocycles. The minimum Gasteiger partial charge on any atom is -0.461 e. The SMILES string of the molecule is CCOC(=O)c1c(-c2ccccc2)c2cc([N+](=O)[O-])ccc2n1CC#N. The second kappa shape index (κ2) is 7.07. The number of aromatic nitrogens is 1. The minimum absolute atomic E-state index is 0.0741. The average Bonchev–Trinajstić information content (AvgIpc) is 2.96. The number of hydrogen-bond acceptors (Lipinski definition) is 5. The second-order valence-corrected chi connectivity index (χ2v) is 5.51. The number of non-ortho nitro benzene ring substituents is 1. The molecule has 0 saturated heterocycles. The molecule has 0 amide bonds. The topological polar surface area (TPSA) is 98.2 Å². The van der Waals surface area contributed by atoms with E-state index in [4.69, 9.17) is 4.74 Å². The van der Waals surface area contributed by atoms with Gasteiger partial charge >= 0.3 is 5.97 Å². The van der Waals surface area contributed by atoms with Crippen LogP contribution in [0.2, 0.25) is 0 Å². The highest BCUT2D eigenvalue weighted by Gasteiger charge is 2.26. The van der Waals surface area contributed by atoms with Crippen molar-refractivity contribution in [3.63, 3.8) is 0 Å². The van der Waals surface area contributed by atoms with Crippen LogP contribution in [-0.2, 0) is 11.3 Å². The Morgan fingerprint density at radius 1 is 1.27 bits per heavy atom. The molecule has 26 heavy (non-hydrogen) atoms. The van der Waals surface area contributed by atoms with Gasteiger partial charge in [-0.25, -0.2) is 4.79 Å². The van der Waals surface area contributed by atoms with Gasteiger partial charge < -0.3 is 9.30 Å². The van der Waals surface area contributed by atoms with Crippen LogP contribution in [0.5, 0.6) is 0 Å². The molecule has 130 valence electrons. The fraction of sp³-hybridized carbons (Fsp3) is 0.158. The van der Waals surface area contributed by atoms with Gasteiger partial charge in [-0.3, -0.25) is 10.1 Å². The normalized spacial score (nSPS) is 10.5. The van der Waals surface area contributed by atoms with Crippen LogP contribution in [0.1, 0.15) is 17.4 Å². The van der Waals surface area contributed by atoms with E-state index in [0.717, 1.165) is 5.56 Å². The number of fused-ring (bicyclic) bond motifs is 1. The molecule has 1 aromatic heterocycles. The number of nitro benzene ring substituents is 1. The third kappa shape index (κ3) is 2.89. The van der Waals surface area contributed by atoms with Crippen LogP contribution in [0.15, 0.2) is 48.5 Å². The van der Waals surface area contributed by atoms with Crippen molar-refractivity contribution in [2.45, 2.75) is 13.5 Å². The maximum atomic E-state index is 12.6. The Labute approximate surface area is 149 Å². The third-order valence-electron chi connectivity index (χ3n) is 4.02. The molecule has 0 atom stereocenters. The van der Waals surface area contributed by atoms with Gasteiger partial charge in [0.1, 0.15) is 12.2 Å². The monoisotopic (exact) mass is 349 g/mol. The third-order valence-corrected chi connectivity index (χ3v) is 4.02. The van der Waals surface area contributed by atoms with E-state index in [-0.39, 0.29) is 24.5 Å². The van der Waals surface area contributed by atoms with Crippen LogP contribution in [0, 0.1) is 21.4 Å². The molecule has 0 aliphatic rings. The average molecular weight is 349 g/mol. The molecular formula is C19H15N3O4. The number of benzene rings is 2. The Bertz CT molecular complexity index is 1030. The summed E-state index contributed by atoms with van der Waals surface area (Å²) in [4.78, 5) is 23.4. The molecule has 3 aromatic rings. The van der Waals surface area contributed by atoms with Gasteiger partial charge in [0.25, 0.3) is 5.69 Å². The van der Waals surface area contributed by atoms with Crippen LogP contribution in [0.3, 0.4) is 0 Å². The maximum absolute atomic E-state index is 12.6. The lowest BCUT2D eigenvalue weighted by Crippen LogP contribution is -2.13. The van der Waals surface area contributed by atoms with E-state index in [2.05, 4.69) is 0 Å². The largest absolute Gasteiger partial charge is 0.461 e. The van der Waals surface area contributed by atoms with Crippen molar-refractivity contribution >= 4 is 22.6 Å². The molecule has 0 unspecified atom stereocenters. The second-order valence-electron chi connectivity index (χ2n) is 5.51. The summed E-state index contributed by atoms with van der Waals surface area (Å²) >= 11 is 0. The summed E-state index contributed by atoms with van der Waals surface area (Å²) in [6.07, 6.45) is 0. The molecular weight excluding hydrogens is 334 g/mol. The van der Waals surface area contributed by atoms with Gasteiger partial charge in [0, 0.05) is 23.1 Å². The van der Waals surface area contributed by atoms with Crippen LogP contribution < -0.4 is 0 Å². The number of nitrogens with zero attached hydrogens (tertiary/aromatic N) is 3. The number of esters is 1. The molecule has 0 bridgehead atoms. The Hall–Kier alpha value is -3.66. The van der Waals surface area contributed by atoms with Crippen LogP contribution in [0.4, 0.5) is 5.69 Å². The molecule has 2 aromatic carbocycles. The summed E-state index contributed by atoms with van der Waals surface area (Å²) in [7, 11) is 0. The fourth-order valence-electron chi connectivity index (χ4n) is 3.00. The lowest BCUT2D eigenvalue weighted by atomic mass is 10.0. The smallest absolute Gasteiger partial charge is 0.355 e. The molecule has 7 heteroatoms. The number of carbonyl (C=O) groups excluding carboxylic acids is 1. The summed E-state index contributed by atoms with van der Waals surface area (Å²) in [5.74, 6) is -0.569. The van der Waals surface area contributed by atoms with E-state index in [1.165, 1.54) is 12.1 Å². The lowest BCUT2D eigenvalue weighted by molar-refractivity contribution is -0.384. The summed E-state index contributed by atoms with van der Waals surface area (Å²) in [6.45, 7) is 1.80. The Morgan fingerprint density at radius 3 is 2.62 bits per heavy atom. The van der Waals surface area contributed by atoms with Crippen LogP contribution >= 0.6 is 0 Å². The minimum atomic E-state index is -0.569. The van der Waals surface area contributed by atoms with Crippen molar-refractivity contribution in [3.05, 3.63) is 64.3 Å². The number of nitro groups is 1. The summed E-state index contributed by atoms with van der Waals surface area (Å²) in [5, 5.41) is 20.9. The number of nitriles is 1. The van der Waals surface area contributed by atoms with Gasteiger partial charge in [-0.2, -0.15) is 5.26 Å². The summed E-state index contributed by atoms with van der Waals surface area (Å²) in [6, 6.07) is 15.5. The zero-order valence-electron chi connectivity index (χ0n) is 14.0. The standard InChI is InChI=1S/C19H15N3O4/c1-2-26-19(23)18-17(13-6-4-3-5-7-13)15-12-14(22(24)25)8-9-16(15)21(18)11-10-20/h3-9,12H,2,11H2,1H3. The Kier molecular flexibility index (Phi) is 4.67. The van der Waals surface area contributed by atoms with E-state index in [0.29, 0.717) is 16.5 Å². The zero-order chi connectivity index (χ0) is 18.7. The molecule has 0 N–H and O–H groups in total. The van der Waals surface area contributed by atoms with Gasteiger partial charge in [-0.1, -0.05) is 30.3 Å². The number of carbonyl (C=O) groups is 1. The van der Waals surface area contributed by atoms with E-state index in [9.17, 15) is 20.2 Å². The van der Waals surface area contributed by atoms with E-state index in [1.54, 1.807) is 17.6 Å². The number of ether oxygens (including phenoxy) is 1. The van der Waals surface area contributed by atoms with E-state index < -0.39 is 10.9 Å². The first-order valence-corrected chi connectivity index (χ1v) is 7.98. The van der Waals surface area contributed by atoms with Crippen molar-refractivity contribution in [2.75, 3.05) is 6.61 Å². The first-order chi connectivity index (χ1) is 12.6. The van der Waals surface area contributed by atoms with Gasteiger partial charge in [-0.05, 0) is 18.6 Å².